The van der Waals surface area contributed by atoms with Crippen LogP contribution in [0.5, 0.6) is 0 Å². The molecule has 3 rings (SSSR count). The summed E-state index contributed by atoms with van der Waals surface area (Å²) >= 11 is 6.21. The molecule has 2 N–H and O–H groups in total. The minimum absolute atomic E-state index is 0.0371. The van der Waals surface area contributed by atoms with Crippen LogP contribution in [0.2, 0.25) is 0 Å². The maximum absolute atomic E-state index is 12.8. The average Bonchev–Trinajstić information content (AvgIpc) is 2.69. The van der Waals surface area contributed by atoms with Crippen molar-refractivity contribution in [1.82, 2.24) is 24.4 Å². The van der Waals surface area contributed by atoms with E-state index < -0.39 is 30.5 Å². The lowest BCUT2D eigenvalue weighted by atomic mass is 10.3. The summed E-state index contributed by atoms with van der Waals surface area (Å²) in [6.07, 6.45) is 0.436. The van der Waals surface area contributed by atoms with Gasteiger partial charge in [-0.2, -0.15) is 0 Å². The Morgan fingerprint density at radius 3 is 2.68 bits per heavy atom. The van der Waals surface area contributed by atoms with Gasteiger partial charge in [-0.15, -0.1) is 0 Å². The minimum atomic E-state index is -3.43. The second kappa shape index (κ2) is 9.21. The number of aromatic nitrogens is 2. The fourth-order valence-corrected chi connectivity index (χ4v) is 5.09. The zero-order valence-corrected chi connectivity index (χ0v) is 17.7. The van der Waals surface area contributed by atoms with Crippen molar-refractivity contribution in [2.45, 2.75) is 26.2 Å². The molecular formula is C16H27ClN5O5P. The number of aryl methyl sites for hydroxylation is 1. The van der Waals surface area contributed by atoms with Gasteiger partial charge in [0.25, 0.3) is 5.56 Å². The van der Waals surface area contributed by atoms with Crippen LogP contribution in [-0.4, -0.2) is 77.6 Å². The fraction of sp³-hybridized carbons (Fsp3) is 0.750. The number of aromatic amines is 1. The van der Waals surface area contributed by atoms with Crippen LogP contribution in [0.15, 0.2) is 15.8 Å². The zero-order valence-electron chi connectivity index (χ0n) is 16.1. The third-order valence-electron chi connectivity index (χ3n) is 5.05. The third kappa shape index (κ3) is 5.13. The Bertz CT molecular complexity index is 837. The summed E-state index contributed by atoms with van der Waals surface area (Å²) in [6, 6.07) is 0. The van der Waals surface area contributed by atoms with E-state index in [9.17, 15) is 14.2 Å². The molecule has 12 heteroatoms. The van der Waals surface area contributed by atoms with Gasteiger partial charge in [0, 0.05) is 51.0 Å². The molecule has 10 nitrogen and oxygen atoms in total. The van der Waals surface area contributed by atoms with Gasteiger partial charge in [0.15, 0.2) is 6.23 Å². The molecule has 2 saturated heterocycles. The first-order valence-electron chi connectivity index (χ1n) is 9.40. The predicted octanol–water partition coefficient (Wildman–Crippen LogP) is 0.333. The molecule has 0 radical (unpaired) electrons. The van der Waals surface area contributed by atoms with E-state index in [4.69, 9.17) is 20.5 Å². The topological polar surface area (TPSA) is 109 Å². The highest BCUT2D eigenvalue weighted by molar-refractivity contribution is 7.83. The molecule has 0 amide bonds. The lowest BCUT2D eigenvalue weighted by Crippen LogP contribution is -2.48. The SMILES string of the molecule is CCN1CCN(P(=O)(Cl)OCC2CNCC(n3cc(C)c(=O)[nH]c3=O)O2)CC1. The minimum Gasteiger partial charge on any atom is -0.350 e. The fourth-order valence-electron chi connectivity index (χ4n) is 3.30. The van der Waals surface area contributed by atoms with Gasteiger partial charge in [0.2, 0.25) is 0 Å². The summed E-state index contributed by atoms with van der Waals surface area (Å²) in [5.41, 5.74) is -0.546. The lowest BCUT2D eigenvalue weighted by Gasteiger charge is -2.36. The van der Waals surface area contributed by atoms with E-state index in [1.54, 1.807) is 11.6 Å². The van der Waals surface area contributed by atoms with Crippen LogP contribution in [-0.2, 0) is 13.8 Å². The number of hydrogen-bond acceptors (Lipinski definition) is 7. The molecule has 2 aliphatic heterocycles. The molecule has 1 aromatic heterocycles. The first-order chi connectivity index (χ1) is 13.3. The first-order valence-corrected chi connectivity index (χ1v) is 11.9. The van der Waals surface area contributed by atoms with Crippen LogP contribution in [0.25, 0.3) is 0 Å². The van der Waals surface area contributed by atoms with Crippen LogP contribution in [0, 0.1) is 6.92 Å². The maximum atomic E-state index is 12.8. The highest BCUT2D eigenvalue weighted by Crippen LogP contribution is 2.56. The van der Waals surface area contributed by atoms with Gasteiger partial charge < -0.3 is 19.5 Å². The van der Waals surface area contributed by atoms with Crippen LogP contribution in [0.3, 0.4) is 0 Å². The molecule has 3 unspecified atom stereocenters. The van der Waals surface area contributed by atoms with E-state index in [1.165, 1.54) is 10.8 Å². The number of nitrogens with zero attached hydrogens (tertiary/aromatic N) is 3. The van der Waals surface area contributed by atoms with Crippen molar-refractivity contribution in [1.29, 1.82) is 0 Å². The second-order valence-corrected chi connectivity index (χ2v) is 9.99. The normalized spacial score (nSPS) is 26.8. The number of rotatable bonds is 6. The molecule has 2 fully saturated rings. The predicted molar refractivity (Wildman–Crippen MR) is 106 cm³/mol. The Morgan fingerprint density at radius 1 is 1.29 bits per heavy atom. The van der Waals surface area contributed by atoms with Crippen molar-refractivity contribution >= 4 is 18.1 Å². The van der Waals surface area contributed by atoms with Gasteiger partial charge in [0.05, 0.1) is 12.7 Å². The largest absolute Gasteiger partial charge is 0.363 e. The number of morpholine rings is 1. The molecule has 3 heterocycles. The summed E-state index contributed by atoms with van der Waals surface area (Å²) in [5, 5.41) is 3.16. The Kier molecular flexibility index (Phi) is 7.14. The van der Waals surface area contributed by atoms with Gasteiger partial charge in [-0.3, -0.25) is 18.9 Å². The summed E-state index contributed by atoms with van der Waals surface area (Å²) in [6.45, 7) is 4.93. The third-order valence-corrected chi connectivity index (χ3v) is 7.53. The number of ether oxygens (including phenoxy) is 1. The molecule has 0 aliphatic carbocycles. The number of piperazine rings is 1. The summed E-state index contributed by atoms with van der Waals surface area (Å²) < 4.78 is 27.3. The van der Waals surface area contributed by atoms with Crippen LogP contribution in [0.1, 0.15) is 18.7 Å². The van der Waals surface area contributed by atoms with Crippen molar-refractivity contribution in [3.8, 4) is 0 Å². The quantitative estimate of drug-likeness (QED) is 0.615. The van der Waals surface area contributed by atoms with E-state index in [1.807, 2.05) is 0 Å². The van der Waals surface area contributed by atoms with Gasteiger partial charge in [-0.05, 0) is 24.7 Å². The summed E-state index contributed by atoms with van der Waals surface area (Å²) in [7, 11) is 0. The van der Waals surface area contributed by atoms with Crippen molar-refractivity contribution in [2.75, 3.05) is 52.4 Å². The molecule has 0 aromatic carbocycles. The molecule has 28 heavy (non-hydrogen) atoms. The van der Waals surface area contributed by atoms with E-state index >= 15 is 0 Å². The number of nitrogens with one attached hydrogen (secondary N) is 2. The van der Waals surface area contributed by atoms with E-state index in [2.05, 4.69) is 22.1 Å². The smallest absolute Gasteiger partial charge is 0.350 e. The maximum Gasteiger partial charge on any atom is 0.363 e. The lowest BCUT2D eigenvalue weighted by molar-refractivity contribution is -0.0934. The van der Waals surface area contributed by atoms with Gasteiger partial charge in [0.1, 0.15) is 0 Å². The van der Waals surface area contributed by atoms with Crippen molar-refractivity contribution in [2.24, 2.45) is 0 Å². The molecule has 0 bridgehead atoms. The van der Waals surface area contributed by atoms with Crippen molar-refractivity contribution in [3.63, 3.8) is 0 Å². The Hall–Kier alpha value is -1.00. The highest BCUT2D eigenvalue weighted by Gasteiger charge is 2.34. The van der Waals surface area contributed by atoms with E-state index in [0.717, 1.165) is 19.6 Å². The van der Waals surface area contributed by atoms with Gasteiger partial charge in [-0.25, -0.2) is 9.46 Å². The molecule has 1 aromatic rings. The van der Waals surface area contributed by atoms with Crippen molar-refractivity contribution < 1.29 is 13.8 Å². The number of halogens is 1. The molecule has 0 spiro atoms. The number of likely N-dealkylation sites (N-methyl/N-ethyl adjacent to an activating group) is 1. The molecule has 158 valence electrons. The zero-order chi connectivity index (χ0) is 20.3. The monoisotopic (exact) mass is 435 g/mol. The average molecular weight is 436 g/mol. The Balaban J connectivity index is 1.58. The molecule has 3 atom stereocenters. The van der Waals surface area contributed by atoms with Crippen LogP contribution in [0.4, 0.5) is 0 Å². The van der Waals surface area contributed by atoms with Crippen LogP contribution >= 0.6 is 18.1 Å². The van der Waals surface area contributed by atoms with E-state index in [0.29, 0.717) is 31.7 Å². The first kappa shape index (κ1) is 21.7. The number of H-pyrrole nitrogens is 1. The van der Waals surface area contributed by atoms with Crippen LogP contribution < -0.4 is 16.6 Å². The van der Waals surface area contributed by atoms with Gasteiger partial charge in [-0.1, -0.05) is 6.92 Å². The Morgan fingerprint density at radius 2 is 2.00 bits per heavy atom. The molecular weight excluding hydrogens is 409 g/mol. The number of hydrogen-bond donors (Lipinski definition) is 2. The van der Waals surface area contributed by atoms with E-state index in [-0.39, 0.29) is 6.61 Å². The highest BCUT2D eigenvalue weighted by atomic mass is 35.7. The summed E-state index contributed by atoms with van der Waals surface area (Å²) in [5.74, 6) is 0. The molecule has 2 aliphatic rings. The second-order valence-electron chi connectivity index (χ2n) is 6.98. The molecule has 0 saturated carbocycles. The summed E-state index contributed by atoms with van der Waals surface area (Å²) in [4.78, 5) is 28.1. The van der Waals surface area contributed by atoms with Gasteiger partial charge >= 0.3 is 12.6 Å². The Labute approximate surface area is 168 Å². The standard InChI is InChI=1S/C16H27ClN5O5P/c1-3-20-4-6-21(7-5-20)28(17,25)26-11-13-8-18-9-14(27-13)22-10-12(2)15(23)19-16(22)24/h10,13-14,18H,3-9,11H2,1-2H3,(H,19,23,24). The van der Waals surface area contributed by atoms with Crippen molar-refractivity contribution in [3.05, 3.63) is 32.6 Å².